The predicted octanol–water partition coefficient (Wildman–Crippen LogP) is 3.94. The van der Waals surface area contributed by atoms with Gasteiger partial charge in [-0.25, -0.2) is 4.79 Å². The summed E-state index contributed by atoms with van der Waals surface area (Å²) < 4.78 is 21.0. The van der Waals surface area contributed by atoms with Gasteiger partial charge in [0.15, 0.2) is 17.5 Å². The molecule has 1 N–H and O–H groups in total. The van der Waals surface area contributed by atoms with Crippen molar-refractivity contribution in [1.29, 1.82) is 0 Å². The first-order valence-electron chi connectivity index (χ1n) is 14.0. The number of aryl methyl sites for hydroxylation is 1. The van der Waals surface area contributed by atoms with Gasteiger partial charge in [0, 0.05) is 26.2 Å². The summed E-state index contributed by atoms with van der Waals surface area (Å²) in [7, 11) is 3.00. The SMILES string of the molecule is COC(=O)C1CCCC(Nc2nc3c(c(=O)n(Cc4ccc(Cl)c(Cl)c4)c(=O)n3C)n2CCOC2CCCCO2)C1. The molecule has 1 saturated heterocycles. The normalized spacial score (nSPS) is 21.2. The van der Waals surface area contributed by atoms with Crippen LogP contribution in [0.5, 0.6) is 0 Å². The predicted molar refractivity (Wildman–Crippen MR) is 156 cm³/mol. The van der Waals surface area contributed by atoms with Gasteiger partial charge in [-0.3, -0.25) is 18.7 Å². The second kappa shape index (κ2) is 13.0. The molecule has 0 amide bonds. The zero-order chi connectivity index (χ0) is 29.1. The number of methoxy groups -OCH3 is 1. The summed E-state index contributed by atoms with van der Waals surface area (Å²) in [4.78, 5) is 44.2. The average molecular weight is 609 g/mol. The van der Waals surface area contributed by atoms with Gasteiger partial charge in [0.25, 0.3) is 5.56 Å². The van der Waals surface area contributed by atoms with Gasteiger partial charge >= 0.3 is 11.7 Å². The van der Waals surface area contributed by atoms with Crippen LogP contribution in [0.3, 0.4) is 0 Å². The Morgan fingerprint density at radius 1 is 1.12 bits per heavy atom. The third-order valence-corrected chi connectivity index (χ3v) is 8.59. The molecule has 3 unspecified atom stereocenters. The van der Waals surface area contributed by atoms with Crippen LogP contribution in [0.2, 0.25) is 10.0 Å². The van der Waals surface area contributed by atoms with Crippen LogP contribution in [0.15, 0.2) is 27.8 Å². The van der Waals surface area contributed by atoms with Crippen LogP contribution in [0.25, 0.3) is 11.2 Å². The maximum atomic E-state index is 13.9. The van der Waals surface area contributed by atoms with Crippen molar-refractivity contribution in [1.82, 2.24) is 18.7 Å². The number of benzene rings is 1. The molecule has 0 spiro atoms. The highest BCUT2D eigenvalue weighted by Crippen LogP contribution is 2.29. The Morgan fingerprint density at radius 3 is 2.68 bits per heavy atom. The van der Waals surface area contributed by atoms with E-state index in [1.165, 1.54) is 16.2 Å². The molecule has 13 heteroatoms. The number of hydrogen-bond donors (Lipinski definition) is 1. The summed E-state index contributed by atoms with van der Waals surface area (Å²) in [6.45, 7) is 1.28. The van der Waals surface area contributed by atoms with Gasteiger partial charge in [0.05, 0.1) is 36.2 Å². The molecule has 1 aromatic carbocycles. The molecular weight excluding hydrogens is 573 g/mol. The molecule has 5 rings (SSSR count). The number of ether oxygens (including phenoxy) is 3. The zero-order valence-electron chi connectivity index (χ0n) is 23.2. The van der Waals surface area contributed by atoms with Crippen LogP contribution < -0.4 is 16.6 Å². The van der Waals surface area contributed by atoms with Gasteiger partial charge in [-0.05, 0) is 56.2 Å². The van der Waals surface area contributed by atoms with Gasteiger partial charge in [0.2, 0.25) is 5.95 Å². The lowest BCUT2D eigenvalue weighted by molar-refractivity contribution is -0.163. The van der Waals surface area contributed by atoms with Crippen molar-refractivity contribution in [2.75, 3.05) is 25.6 Å². The number of carbonyl (C=O) groups excluding carboxylic acids is 1. The number of rotatable bonds is 9. The monoisotopic (exact) mass is 607 g/mol. The lowest BCUT2D eigenvalue weighted by Gasteiger charge is -2.28. The van der Waals surface area contributed by atoms with E-state index in [1.54, 1.807) is 29.8 Å². The topological polar surface area (TPSA) is 119 Å². The van der Waals surface area contributed by atoms with Crippen LogP contribution >= 0.6 is 23.2 Å². The van der Waals surface area contributed by atoms with Gasteiger partial charge < -0.3 is 24.1 Å². The van der Waals surface area contributed by atoms with E-state index in [0.717, 1.165) is 38.5 Å². The van der Waals surface area contributed by atoms with E-state index in [0.29, 0.717) is 41.1 Å². The molecule has 11 nitrogen and oxygen atoms in total. The van der Waals surface area contributed by atoms with Crippen molar-refractivity contribution in [3.8, 4) is 0 Å². The summed E-state index contributed by atoms with van der Waals surface area (Å²) in [5.41, 5.74) is 0.237. The standard InChI is InChI=1S/C28H35Cl2N5O6/c1-33-24-23(25(36)35(28(33)38)16-17-9-10-20(29)21(30)14-17)34(11-13-41-22-8-3-4-12-40-22)27(32-24)31-19-7-5-6-18(15-19)26(37)39-2/h9-10,14,18-19,22H,3-8,11-13,15-16H2,1-2H3,(H,31,32). The number of esters is 1. The van der Waals surface area contributed by atoms with E-state index in [1.807, 2.05) is 0 Å². The lowest BCUT2D eigenvalue weighted by Crippen LogP contribution is -2.40. The van der Waals surface area contributed by atoms with Crippen molar-refractivity contribution in [2.45, 2.75) is 70.4 Å². The number of nitrogens with zero attached hydrogens (tertiary/aromatic N) is 4. The highest BCUT2D eigenvalue weighted by Gasteiger charge is 2.30. The molecule has 1 saturated carbocycles. The van der Waals surface area contributed by atoms with Crippen LogP contribution in [0.1, 0.15) is 50.5 Å². The summed E-state index contributed by atoms with van der Waals surface area (Å²) in [6.07, 6.45) is 5.63. The summed E-state index contributed by atoms with van der Waals surface area (Å²) >= 11 is 12.3. The van der Waals surface area contributed by atoms with E-state index in [2.05, 4.69) is 5.32 Å². The Kier molecular flexibility index (Phi) is 9.38. The summed E-state index contributed by atoms with van der Waals surface area (Å²) in [6, 6.07) is 4.95. The maximum Gasteiger partial charge on any atom is 0.332 e. The molecular formula is C28H35Cl2N5O6. The van der Waals surface area contributed by atoms with Crippen molar-refractivity contribution < 1.29 is 19.0 Å². The van der Waals surface area contributed by atoms with Crippen molar-refractivity contribution in [2.24, 2.45) is 13.0 Å². The minimum atomic E-state index is -0.500. The third-order valence-electron chi connectivity index (χ3n) is 7.86. The fourth-order valence-electron chi connectivity index (χ4n) is 5.66. The van der Waals surface area contributed by atoms with Crippen molar-refractivity contribution in [3.05, 3.63) is 54.6 Å². The fourth-order valence-corrected chi connectivity index (χ4v) is 5.98. The smallest absolute Gasteiger partial charge is 0.332 e. The van der Waals surface area contributed by atoms with Crippen molar-refractivity contribution >= 4 is 46.3 Å². The Bertz CT molecular complexity index is 1530. The zero-order valence-corrected chi connectivity index (χ0v) is 24.7. The van der Waals surface area contributed by atoms with Gasteiger partial charge in [-0.2, -0.15) is 4.98 Å². The molecule has 3 aromatic rings. The Balaban J connectivity index is 1.51. The molecule has 3 atom stereocenters. The quantitative estimate of drug-likeness (QED) is 0.363. The van der Waals surface area contributed by atoms with Crippen LogP contribution in [0.4, 0.5) is 5.95 Å². The average Bonchev–Trinajstić information content (AvgIpc) is 3.34. The minimum absolute atomic E-state index is 0.0160. The first-order valence-corrected chi connectivity index (χ1v) is 14.7. The summed E-state index contributed by atoms with van der Waals surface area (Å²) in [5.74, 6) is 0.0187. The number of fused-ring (bicyclic) bond motifs is 1. The molecule has 3 heterocycles. The largest absolute Gasteiger partial charge is 0.469 e. The van der Waals surface area contributed by atoms with E-state index < -0.39 is 11.2 Å². The number of aromatic nitrogens is 4. The number of halogens is 2. The molecule has 1 aliphatic heterocycles. The van der Waals surface area contributed by atoms with Crippen LogP contribution in [-0.4, -0.2) is 57.3 Å². The number of imidazole rings is 1. The van der Waals surface area contributed by atoms with Gasteiger partial charge in [-0.15, -0.1) is 0 Å². The molecule has 0 bridgehead atoms. The molecule has 222 valence electrons. The summed E-state index contributed by atoms with van der Waals surface area (Å²) in [5, 5.41) is 4.18. The highest BCUT2D eigenvalue weighted by atomic mass is 35.5. The van der Waals surface area contributed by atoms with E-state index in [4.69, 9.17) is 42.4 Å². The first kappa shape index (κ1) is 29.6. The van der Waals surface area contributed by atoms with Crippen LogP contribution in [-0.2, 0) is 39.1 Å². The van der Waals surface area contributed by atoms with Gasteiger partial charge in [-0.1, -0.05) is 35.7 Å². The minimum Gasteiger partial charge on any atom is -0.469 e. The molecule has 2 aromatic heterocycles. The molecule has 2 fully saturated rings. The van der Waals surface area contributed by atoms with E-state index >= 15 is 0 Å². The van der Waals surface area contributed by atoms with Gasteiger partial charge in [0.1, 0.15) is 0 Å². The first-order chi connectivity index (χ1) is 19.8. The number of carbonyl (C=O) groups is 1. The Morgan fingerprint density at radius 2 is 1.95 bits per heavy atom. The molecule has 1 aliphatic carbocycles. The maximum absolute atomic E-state index is 13.9. The number of anilines is 1. The second-order valence-corrected chi connectivity index (χ2v) is 11.4. The molecule has 2 aliphatic rings. The second-order valence-electron chi connectivity index (χ2n) is 10.6. The van der Waals surface area contributed by atoms with E-state index in [-0.39, 0.29) is 48.5 Å². The molecule has 0 radical (unpaired) electrons. The highest BCUT2D eigenvalue weighted by molar-refractivity contribution is 6.42. The Labute approximate surface area is 247 Å². The lowest BCUT2D eigenvalue weighted by atomic mass is 9.86. The molecule has 41 heavy (non-hydrogen) atoms. The fraction of sp³-hybridized carbons (Fsp3) is 0.571. The Hall–Kier alpha value is -2.86. The third kappa shape index (κ3) is 6.48. The van der Waals surface area contributed by atoms with E-state index in [9.17, 15) is 14.4 Å². The number of hydrogen-bond acceptors (Lipinski definition) is 8. The number of nitrogens with one attached hydrogen (secondary N) is 1. The van der Waals surface area contributed by atoms with Crippen molar-refractivity contribution in [3.63, 3.8) is 0 Å². The van der Waals surface area contributed by atoms with Crippen LogP contribution in [0, 0.1) is 5.92 Å².